The van der Waals surface area contributed by atoms with Gasteiger partial charge in [-0.2, -0.15) is 0 Å². The van der Waals surface area contributed by atoms with Crippen molar-refractivity contribution in [2.24, 2.45) is 17.6 Å². The molecule has 3 unspecified atom stereocenters. The molecule has 1 aliphatic rings. The summed E-state index contributed by atoms with van der Waals surface area (Å²) in [6.45, 7) is 3.80. The van der Waals surface area contributed by atoms with Gasteiger partial charge < -0.3 is 21.1 Å². The topological polar surface area (TPSA) is 139 Å². The number of nitrogens with two attached hydrogens (primary N) is 1. The molecule has 0 radical (unpaired) electrons. The van der Waals surface area contributed by atoms with Gasteiger partial charge in [0.2, 0.25) is 5.91 Å². The smallest absolute Gasteiger partial charge is 0.351 e. The molecule has 160 valence electrons. The molecule has 1 rings (SSSR count). The summed E-state index contributed by atoms with van der Waals surface area (Å²) in [4.78, 5) is 34.0. The minimum atomic E-state index is -4.36. The van der Waals surface area contributed by atoms with Crippen LogP contribution in [-0.4, -0.2) is 40.3 Å². The Bertz CT molecular complexity index is 528. The number of unbranched alkanes of at least 4 members (excludes halogenated alkanes) is 1. The van der Waals surface area contributed by atoms with Crippen molar-refractivity contribution in [2.45, 2.75) is 83.5 Å². The van der Waals surface area contributed by atoms with Gasteiger partial charge in [-0.15, -0.1) is 0 Å². The summed E-state index contributed by atoms with van der Waals surface area (Å²) in [5.41, 5.74) is 5.39. The van der Waals surface area contributed by atoms with Crippen LogP contribution in [0.2, 0.25) is 0 Å². The van der Waals surface area contributed by atoms with Crippen molar-refractivity contribution >= 4 is 19.5 Å². The lowest BCUT2D eigenvalue weighted by molar-refractivity contribution is -0.145. The van der Waals surface area contributed by atoms with Gasteiger partial charge in [-0.05, 0) is 44.1 Å². The maximum atomic E-state index is 12.7. The molecule has 0 bridgehead atoms. The first-order valence-corrected chi connectivity index (χ1v) is 11.5. The molecule has 1 amide bonds. The Kier molecular flexibility index (Phi) is 10.5. The number of hydrogen-bond acceptors (Lipinski definition) is 5. The third kappa shape index (κ3) is 8.73. The molecular formula is C18H37N2O6P. The van der Waals surface area contributed by atoms with Gasteiger partial charge in [0.25, 0.3) is 0 Å². The number of amides is 1. The number of carbonyl (C=O) groups is 2. The lowest BCUT2D eigenvalue weighted by atomic mass is 10.0. The highest BCUT2D eigenvalue weighted by atomic mass is 31.2. The van der Waals surface area contributed by atoms with Crippen LogP contribution in [0.15, 0.2) is 0 Å². The molecule has 0 saturated heterocycles. The molecular weight excluding hydrogens is 371 g/mol. The molecule has 1 saturated carbocycles. The fourth-order valence-corrected chi connectivity index (χ4v) is 5.19. The van der Waals surface area contributed by atoms with Crippen LogP contribution in [0, 0.1) is 11.8 Å². The zero-order chi connectivity index (χ0) is 20.4. The summed E-state index contributed by atoms with van der Waals surface area (Å²) in [7, 11) is -4.36. The fraction of sp³-hybridized carbons (Fsp3) is 0.889. The molecule has 0 spiro atoms. The Morgan fingerprint density at radius 2 is 1.93 bits per heavy atom. The third-order valence-corrected chi connectivity index (χ3v) is 7.01. The Morgan fingerprint density at radius 1 is 1.30 bits per heavy atom. The van der Waals surface area contributed by atoms with Crippen LogP contribution in [0.5, 0.6) is 0 Å². The summed E-state index contributed by atoms with van der Waals surface area (Å²) in [6.07, 6.45) is 5.50. The summed E-state index contributed by atoms with van der Waals surface area (Å²) in [6, 6.07) is 0. The molecule has 5 N–H and O–H groups in total. The van der Waals surface area contributed by atoms with Crippen LogP contribution < -0.4 is 11.1 Å². The molecule has 3 atom stereocenters. The molecule has 0 aromatic carbocycles. The SMILES string of the molecule is CC(C)C(NC(=O)CCC1CCCC1)P(=O)(O)OC(CCCCN)C(=O)O.[HH]. The average molecular weight is 408 g/mol. The van der Waals surface area contributed by atoms with E-state index < -0.39 is 25.5 Å². The minimum Gasteiger partial charge on any atom is -0.479 e. The van der Waals surface area contributed by atoms with E-state index in [-0.39, 0.29) is 19.7 Å². The molecule has 0 heterocycles. The van der Waals surface area contributed by atoms with E-state index in [1.165, 1.54) is 12.8 Å². The van der Waals surface area contributed by atoms with Crippen LogP contribution in [0.25, 0.3) is 0 Å². The number of carbonyl (C=O) groups excluding carboxylic acids is 1. The van der Waals surface area contributed by atoms with Crippen LogP contribution in [0.3, 0.4) is 0 Å². The van der Waals surface area contributed by atoms with Crippen LogP contribution in [0.4, 0.5) is 0 Å². The van der Waals surface area contributed by atoms with Gasteiger partial charge in [0, 0.05) is 7.85 Å². The molecule has 0 aromatic rings. The number of hydrogen-bond donors (Lipinski definition) is 4. The first kappa shape index (κ1) is 24.1. The fourth-order valence-electron chi connectivity index (χ4n) is 3.44. The van der Waals surface area contributed by atoms with E-state index >= 15 is 0 Å². The summed E-state index contributed by atoms with van der Waals surface area (Å²) >= 11 is 0. The van der Waals surface area contributed by atoms with Gasteiger partial charge in [0.15, 0.2) is 6.10 Å². The number of rotatable bonds is 13. The van der Waals surface area contributed by atoms with E-state index in [4.69, 9.17) is 10.3 Å². The van der Waals surface area contributed by atoms with Crippen LogP contribution in [0.1, 0.15) is 73.1 Å². The van der Waals surface area contributed by atoms with Crippen molar-refractivity contribution in [3.8, 4) is 0 Å². The number of nitrogens with one attached hydrogen (secondary N) is 1. The number of carboxylic acids is 1. The van der Waals surface area contributed by atoms with E-state index in [0.29, 0.717) is 31.7 Å². The molecule has 27 heavy (non-hydrogen) atoms. The average Bonchev–Trinajstić information content (AvgIpc) is 3.10. The second-order valence-corrected chi connectivity index (χ2v) is 9.62. The van der Waals surface area contributed by atoms with Gasteiger partial charge in [0.05, 0.1) is 0 Å². The summed E-state index contributed by atoms with van der Waals surface area (Å²) in [5, 5.41) is 11.9. The molecule has 8 nitrogen and oxygen atoms in total. The maximum absolute atomic E-state index is 12.7. The second-order valence-electron chi connectivity index (χ2n) is 7.73. The van der Waals surface area contributed by atoms with Gasteiger partial charge in [0.1, 0.15) is 5.78 Å². The van der Waals surface area contributed by atoms with Crippen LogP contribution >= 0.6 is 7.60 Å². The maximum Gasteiger partial charge on any atom is 0.351 e. The predicted molar refractivity (Wildman–Crippen MR) is 105 cm³/mol. The Morgan fingerprint density at radius 3 is 2.44 bits per heavy atom. The quantitative estimate of drug-likeness (QED) is 0.271. The monoisotopic (exact) mass is 408 g/mol. The highest BCUT2D eigenvalue weighted by molar-refractivity contribution is 7.53. The van der Waals surface area contributed by atoms with Gasteiger partial charge in [-0.25, -0.2) is 4.79 Å². The van der Waals surface area contributed by atoms with E-state index in [1.807, 2.05) is 0 Å². The largest absolute Gasteiger partial charge is 0.479 e. The molecule has 0 aliphatic heterocycles. The summed E-state index contributed by atoms with van der Waals surface area (Å²) < 4.78 is 17.8. The number of aliphatic carboxylic acids is 1. The van der Waals surface area contributed by atoms with E-state index in [2.05, 4.69) is 5.32 Å². The predicted octanol–water partition coefficient (Wildman–Crippen LogP) is 3.09. The van der Waals surface area contributed by atoms with Crippen molar-refractivity contribution in [1.82, 2.24) is 5.32 Å². The van der Waals surface area contributed by atoms with Crippen LogP contribution in [-0.2, 0) is 18.7 Å². The lowest BCUT2D eigenvalue weighted by Crippen LogP contribution is -2.40. The normalized spacial score (nSPS) is 19.6. The van der Waals surface area contributed by atoms with E-state index in [0.717, 1.165) is 19.3 Å². The van der Waals surface area contributed by atoms with Crippen molar-refractivity contribution in [2.75, 3.05) is 6.54 Å². The highest BCUT2D eigenvalue weighted by Gasteiger charge is 2.40. The summed E-state index contributed by atoms with van der Waals surface area (Å²) in [5.74, 6) is -2.56. The van der Waals surface area contributed by atoms with Crippen molar-refractivity contribution in [3.05, 3.63) is 0 Å². The lowest BCUT2D eigenvalue weighted by Gasteiger charge is -2.28. The van der Waals surface area contributed by atoms with Gasteiger partial charge in [-0.1, -0.05) is 39.5 Å². The van der Waals surface area contributed by atoms with Crippen molar-refractivity contribution < 1.29 is 30.1 Å². The van der Waals surface area contributed by atoms with Gasteiger partial charge in [-0.3, -0.25) is 13.9 Å². The Hall–Kier alpha value is -0.950. The van der Waals surface area contributed by atoms with E-state index in [9.17, 15) is 24.2 Å². The standard InChI is InChI=1S/C18H35N2O6P.H2/c1-13(2)17(20-16(21)11-10-14-7-3-4-8-14)27(24,25)26-15(18(22)23)9-5-6-12-19;/h13-15,17H,3-12,19H2,1-2H3,(H,20,21)(H,22,23)(H,24,25);1H. The Balaban J connectivity index is 0.00000729. The zero-order valence-electron chi connectivity index (χ0n) is 16.4. The van der Waals surface area contributed by atoms with Crippen molar-refractivity contribution in [1.29, 1.82) is 0 Å². The molecule has 9 heteroatoms. The second kappa shape index (κ2) is 11.8. The van der Waals surface area contributed by atoms with Gasteiger partial charge >= 0.3 is 13.6 Å². The number of carboxylic acid groups (broad SMARTS) is 1. The minimum absolute atomic E-state index is 0. The molecule has 1 fully saturated rings. The first-order chi connectivity index (χ1) is 12.7. The first-order valence-electron chi connectivity index (χ1n) is 9.90. The zero-order valence-corrected chi connectivity index (χ0v) is 17.3. The van der Waals surface area contributed by atoms with Crippen molar-refractivity contribution in [3.63, 3.8) is 0 Å². The third-order valence-electron chi connectivity index (χ3n) is 5.02. The highest BCUT2D eigenvalue weighted by Crippen LogP contribution is 2.50. The molecule has 1 aliphatic carbocycles. The Labute approximate surface area is 163 Å². The van der Waals surface area contributed by atoms with E-state index in [1.54, 1.807) is 13.8 Å². The molecule has 0 aromatic heterocycles.